The smallest absolute Gasteiger partial charge is 0.348 e. The van der Waals surface area contributed by atoms with Gasteiger partial charge in [0.2, 0.25) is 5.88 Å². The molecule has 2 heterocycles. The average Bonchev–Trinajstić information content (AvgIpc) is 3.01. The molecule has 0 saturated heterocycles. The molecule has 1 N–H and O–H groups in total. The van der Waals surface area contributed by atoms with Crippen LogP contribution >= 0.6 is 11.3 Å². The topological polar surface area (TPSA) is 129 Å². The van der Waals surface area contributed by atoms with E-state index >= 15 is 0 Å². The van der Waals surface area contributed by atoms with Crippen LogP contribution in [0.5, 0.6) is 5.88 Å². The second-order valence-corrected chi connectivity index (χ2v) is 6.88. The number of hydrogen-bond acceptors (Lipinski definition) is 9. The summed E-state index contributed by atoms with van der Waals surface area (Å²) in [5, 5.41) is 10.2. The molecule has 10 nitrogen and oxygen atoms in total. The molecule has 0 aliphatic rings. The summed E-state index contributed by atoms with van der Waals surface area (Å²) >= 11 is 0.899. The van der Waals surface area contributed by atoms with E-state index in [0.717, 1.165) is 26.7 Å². The molecule has 2 aromatic rings. The van der Waals surface area contributed by atoms with E-state index in [4.69, 9.17) is 9.47 Å². The van der Waals surface area contributed by atoms with Crippen molar-refractivity contribution in [1.29, 1.82) is 0 Å². The third-order valence-corrected chi connectivity index (χ3v) is 5.23. The van der Waals surface area contributed by atoms with Gasteiger partial charge < -0.3 is 14.6 Å². The van der Waals surface area contributed by atoms with Gasteiger partial charge in [-0.05, 0) is 26.3 Å². The predicted octanol–water partition coefficient (Wildman–Crippen LogP) is 1.26. The summed E-state index contributed by atoms with van der Waals surface area (Å²) in [7, 11) is 2.56. The van der Waals surface area contributed by atoms with Crippen molar-refractivity contribution in [2.45, 2.75) is 20.8 Å². The van der Waals surface area contributed by atoms with Gasteiger partial charge in [-0.2, -0.15) is 0 Å². The highest BCUT2D eigenvalue weighted by Crippen LogP contribution is 2.36. The van der Waals surface area contributed by atoms with E-state index in [9.17, 15) is 24.3 Å². The van der Waals surface area contributed by atoms with Crippen LogP contribution in [-0.2, 0) is 23.6 Å². The Morgan fingerprint density at radius 2 is 1.69 bits per heavy atom. The van der Waals surface area contributed by atoms with Crippen molar-refractivity contribution in [2.75, 3.05) is 13.2 Å². The molecular formula is C18H21N3O7S. The molecule has 0 spiro atoms. The summed E-state index contributed by atoms with van der Waals surface area (Å²) < 4.78 is 11.7. The Labute approximate surface area is 169 Å². The molecular weight excluding hydrogens is 402 g/mol. The lowest BCUT2D eigenvalue weighted by Gasteiger charge is -2.07. The van der Waals surface area contributed by atoms with E-state index in [1.165, 1.54) is 14.1 Å². The van der Waals surface area contributed by atoms with Crippen LogP contribution in [0.3, 0.4) is 0 Å². The van der Waals surface area contributed by atoms with Crippen molar-refractivity contribution in [3.63, 3.8) is 0 Å². The van der Waals surface area contributed by atoms with E-state index in [1.54, 1.807) is 20.8 Å². The largest absolute Gasteiger partial charge is 0.494 e. The first-order valence-corrected chi connectivity index (χ1v) is 9.47. The van der Waals surface area contributed by atoms with Gasteiger partial charge in [-0.15, -0.1) is 11.3 Å². The molecule has 29 heavy (non-hydrogen) atoms. The number of carbonyl (C=O) groups is 2. The minimum Gasteiger partial charge on any atom is -0.494 e. The van der Waals surface area contributed by atoms with Crippen molar-refractivity contribution in [3.05, 3.63) is 42.4 Å². The number of nitrogens with zero attached hydrogens (tertiary/aromatic N) is 3. The molecule has 0 saturated carbocycles. The highest BCUT2D eigenvalue weighted by Gasteiger charge is 2.26. The van der Waals surface area contributed by atoms with Gasteiger partial charge in [0.05, 0.1) is 13.2 Å². The lowest BCUT2D eigenvalue weighted by Crippen LogP contribution is -2.38. The number of aromatic hydroxyl groups is 1. The molecule has 0 radical (unpaired) electrons. The molecule has 0 atom stereocenters. The molecule has 0 bridgehead atoms. The number of rotatable bonds is 6. The first-order valence-electron chi connectivity index (χ1n) is 8.66. The van der Waals surface area contributed by atoms with Crippen molar-refractivity contribution in [3.8, 4) is 5.88 Å². The Bertz CT molecular complexity index is 1110. The van der Waals surface area contributed by atoms with Gasteiger partial charge in [-0.3, -0.25) is 13.9 Å². The molecule has 2 rings (SSSR count). The number of thiophene rings is 1. The van der Waals surface area contributed by atoms with Gasteiger partial charge in [0.1, 0.15) is 21.0 Å². The van der Waals surface area contributed by atoms with Gasteiger partial charge in [-0.1, -0.05) is 0 Å². The maximum absolute atomic E-state index is 12.4. The van der Waals surface area contributed by atoms with Gasteiger partial charge in [-0.25, -0.2) is 19.4 Å². The van der Waals surface area contributed by atoms with E-state index in [2.05, 4.69) is 4.99 Å². The average molecular weight is 423 g/mol. The Morgan fingerprint density at radius 1 is 1.10 bits per heavy atom. The van der Waals surface area contributed by atoms with Gasteiger partial charge in [0.15, 0.2) is 0 Å². The van der Waals surface area contributed by atoms with Gasteiger partial charge >= 0.3 is 17.6 Å². The fourth-order valence-electron chi connectivity index (χ4n) is 2.52. The number of carbonyl (C=O) groups excluding carboxylic acids is 2. The Balaban J connectivity index is 2.65. The van der Waals surface area contributed by atoms with Crippen LogP contribution in [0.2, 0.25) is 0 Å². The Morgan fingerprint density at radius 3 is 2.28 bits per heavy atom. The van der Waals surface area contributed by atoms with E-state index in [1.807, 2.05) is 0 Å². The summed E-state index contributed by atoms with van der Waals surface area (Å²) in [6, 6.07) is 0. The second-order valence-electron chi connectivity index (χ2n) is 5.88. The quantitative estimate of drug-likeness (QED) is 0.547. The summed E-state index contributed by atoms with van der Waals surface area (Å²) in [5.74, 6) is -1.86. The fourth-order valence-corrected chi connectivity index (χ4v) is 3.55. The molecule has 0 aliphatic carbocycles. The maximum Gasteiger partial charge on any atom is 0.348 e. The summed E-state index contributed by atoms with van der Waals surface area (Å²) in [6.45, 7) is 5.14. The number of ether oxygens (including phenoxy) is 2. The highest BCUT2D eigenvalue weighted by molar-refractivity contribution is 7.18. The van der Waals surface area contributed by atoms with E-state index < -0.39 is 29.1 Å². The van der Waals surface area contributed by atoms with Gasteiger partial charge in [0, 0.05) is 20.3 Å². The first kappa shape index (κ1) is 22.1. The second kappa shape index (κ2) is 8.86. The molecule has 0 aliphatic heterocycles. The van der Waals surface area contributed by atoms with Crippen molar-refractivity contribution < 1.29 is 24.2 Å². The lowest BCUT2D eigenvalue weighted by atomic mass is 10.1. The normalized spacial score (nSPS) is 11.1. The molecule has 0 fully saturated rings. The number of aromatic nitrogens is 2. The predicted molar refractivity (Wildman–Crippen MR) is 107 cm³/mol. The minimum atomic E-state index is -0.758. The van der Waals surface area contributed by atoms with Crippen LogP contribution in [0.1, 0.15) is 45.0 Å². The number of hydrogen-bond donors (Lipinski definition) is 1. The van der Waals surface area contributed by atoms with Crippen LogP contribution in [0.15, 0.2) is 14.6 Å². The molecule has 0 aromatic carbocycles. The van der Waals surface area contributed by atoms with Crippen molar-refractivity contribution in [1.82, 2.24) is 9.13 Å². The maximum atomic E-state index is 12.4. The standard InChI is InChI=1S/C18H21N3O7S/c1-6-27-16(24)11-9(3)12(17(25)28-7-2)29-13(11)19-8-10-14(22)20(4)18(26)21(5)15(10)23/h8,22H,6-7H2,1-5H3. The third-order valence-electron chi connectivity index (χ3n) is 4.05. The van der Waals surface area contributed by atoms with E-state index in [0.29, 0.717) is 5.56 Å². The first-order chi connectivity index (χ1) is 13.6. The summed E-state index contributed by atoms with van der Waals surface area (Å²) in [4.78, 5) is 53.0. The zero-order valence-corrected chi connectivity index (χ0v) is 17.5. The van der Waals surface area contributed by atoms with Crippen molar-refractivity contribution in [2.24, 2.45) is 19.1 Å². The Kier molecular flexibility index (Phi) is 6.75. The fraction of sp³-hybridized carbons (Fsp3) is 0.389. The van der Waals surface area contributed by atoms with Crippen LogP contribution < -0.4 is 11.2 Å². The van der Waals surface area contributed by atoms with Crippen LogP contribution in [0, 0.1) is 6.92 Å². The minimum absolute atomic E-state index is 0.0669. The molecule has 0 unspecified atom stereocenters. The Hall–Kier alpha value is -3.21. The summed E-state index contributed by atoms with van der Waals surface area (Å²) in [6.07, 6.45) is 1.04. The zero-order valence-electron chi connectivity index (χ0n) is 16.6. The highest BCUT2D eigenvalue weighted by atomic mass is 32.1. The van der Waals surface area contributed by atoms with Crippen LogP contribution in [0.4, 0.5) is 5.00 Å². The summed E-state index contributed by atoms with van der Waals surface area (Å²) in [5.41, 5.74) is -1.29. The van der Waals surface area contributed by atoms with Gasteiger partial charge in [0.25, 0.3) is 5.56 Å². The SMILES string of the molecule is CCOC(=O)c1sc(N=Cc2c(O)n(C)c(=O)n(C)c2=O)c(C(=O)OCC)c1C. The van der Waals surface area contributed by atoms with Crippen molar-refractivity contribution >= 4 is 34.5 Å². The van der Waals surface area contributed by atoms with Crippen LogP contribution in [0.25, 0.3) is 0 Å². The monoisotopic (exact) mass is 423 g/mol. The number of aliphatic imine (C=N–C) groups is 1. The molecule has 2 aromatic heterocycles. The van der Waals surface area contributed by atoms with Crippen LogP contribution in [-0.4, -0.2) is 45.6 Å². The third kappa shape index (κ3) is 4.14. The molecule has 0 amide bonds. The zero-order chi connectivity index (χ0) is 21.9. The lowest BCUT2D eigenvalue weighted by molar-refractivity contribution is 0.0527. The van der Waals surface area contributed by atoms with E-state index in [-0.39, 0.29) is 34.2 Å². The molecule has 11 heteroatoms. The number of esters is 2. The molecule has 156 valence electrons.